The van der Waals surface area contributed by atoms with E-state index in [1.165, 1.54) is 0 Å². The van der Waals surface area contributed by atoms with Crippen LogP contribution in [0.15, 0.2) is 37.9 Å². The first-order chi connectivity index (χ1) is 21.3. The third-order valence-corrected chi connectivity index (χ3v) is 10.7. The Bertz CT molecular complexity index is 1990. The average Bonchev–Trinajstić information content (AvgIpc) is 3.27. The van der Waals surface area contributed by atoms with Crippen molar-refractivity contribution < 1.29 is 99.9 Å². The molecule has 2 aromatic rings. The molecule has 49 heavy (non-hydrogen) atoms. The van der Waals surface area contributed by atoms with Crippen LogP contribution in [0.2, 0.25) is 0 Å². The summed E-state index contributed by atoms with van der Waals surface area (Å²) in [6.45, 7) is 0. The molecular weight excluding hydrogens is 821 g/mol. The molecule has 0 saturated carbocycles. The number of halogens is 17. The number of anilines is 1. The zero-order chi connectivity index (χ0) is 39.0. The smallest absolute Gasteiger partial charge is 0.278 e. The number of nitrogens with two attached hydrogens (primary N) is 1. The molecule has 0 aliphatic carbocycles. The van der Waals surface area contributed by atoms with Gasteiger partial charge in [-0.05, 0) is 24.3 Å². The molecule has 0 unspecified atom stereocenters. The van der Waals surface area contributed by atoms with E-state index in [-0.39, 0.29) is 35.6 Å². The summed E-state index contributed by atoms with van der Waals surface area (Å²) in [4.78, 5) is -1.78. The molecule has 0 bridgehead atoms. The Morgan fingerprint density at radius 1 is 0.673 bits per heavy atom. The zero-order valence-electron chi connectivity index (χ0n) is 22.2. The first-order valence-electron chi connectivity index (χ1n) is 11.0. The van der Waals surface area contributed by atoms with Crippen LogP contribution >= 0.6 is 11.3 Å². The van der Waals surface area contributed by atoms with Crippen molar-refractivity contribution in [2.75, 3.05) is 4.72 Å². The van der Waals surface area contributed by atoms with Crippen molar-refractivity contribution in [1.82, 2.24) is 9.78 Å². The minimum absolute atomic E-state index is 0.0390. The predicted octanol–water partition coefficient (Wildman–Crippen LogP) is 4.13. The van der Waals surface area contributed by atoms with Crippen LogP contribution in [0.5, 0.6) is 0 Å². The summed E-state index contributed by atoms with van der Waals surface area (Å²) in [7, 11) is -16.3. The van der Waals surface area contributed by atoms with E-state index >= 15 is 0 Å². The Balaban J connectivity index is 2.54. The topological polar surface area (TPSA) is 171 Å². The Hall–Kier alpha value is -3.00. The van der Waals surface area contributed by atoms with Crippen LogP contribution in [-0.4, -0.2) is 82.0 Å². The maximum Gasteiger partial charge on any atom is 0.460 e. The highest BCUT2D eigenvalue weighted by molar-refractivity contribution is 7.93. The number of sulfonamides is 3. The largest absolute Gasteiger partial charge is 0.460 e. The molecular formula is C17H10F17N5O6S4. The summed E-state index contributed by atoms with van der Waals surface area (Å²) in [6, 6.07) is 0.468. The van der Waals surface area contributed by atoms with Gasteiger partial charge >= 0.3 is 57.0 Å². The van der Waals surface area contributed by atoms with Crippen LogP contribution in [0.4, 0.5) is 80.3 Å². The van der Waals surface area contributed by atoms with Crippen LogP contribution < -0.4 is 14.7 Å². The van der Waals surface area contributed by atoms with E-state index < -0.39 is 96.8 Å². The number of nitrogens with one attached hydrogen (secondary N) is 1. The van der Waals surface area contributed by atoms with Crippen LogP contribution in [0, 0.1) is 0 Å². The second-order valence-electron chi connectivity index (χ2n) is 8.98. The van der Waals surface area contributed by atoms with Gasteiger partial charge in [0.05, 0.1) is 4.90 Å². The molecule has 0 atom stereocenters. The maximum absolute atomic E-state index is 14.3. The number of nitrogens with zero attached hydrogens (tertiary/aromatic N) is 3. The zero-order valence-corrected chi connectivity index (χ0v) is 25.5. The first-order valence-corrected chi connectivity index (χ1v) is 16.3. The lowest BCUT2D eigenvalue weighted by Gasteiger charge is -2.42. The van der Waals surface area contributed by atoms with Crippen LogP contribution in [0.3, 0.4) is 0 Å². The van der Waals surface area contributed by atoms with E-state index in [2.05, 4.69) is 9.50 Å². The molecule has 0 aliphatic rings. The number of alkyl halides is 17. The number of primary sulfonamides is 1. The lowest BCUT2D eigenvalue weighted by molar-refractivity contribution is -0.458. The summed E-state index contributed by atoms with van der Waals surface area (Å²) in [5, 5.41) is 0.280. The molecule has 2 rings (SSSR count). The summed E-state index contributed by atoms with van der Waals surface area (Å²) in [5.74, 6) is -52.6. The Morgan fingerprint density at radius 3 is 1.43 bits per heavy atom. The van der Waals surface area contributed by atoms with E-state index in [0.717, 1.165) is 7.05 Å². The van der Waals surface area contributed by atoms with Crippen LogP contribution in [0.25, 0.3) is 0 Å². The van der Waals surface area contributed by atoms with Gasteiger partial charge in [0.2, 0.25) is 9.14 Å². The van der Waals surface area contributed by atoms with E-state index in [0.29, 0.717) is 9.40 Å². The fourth-order valence-corrected chi connectivity index (χ4v) is 6.72. The van der Waals surface area contributed by atoms with Crippen molar-refractivity contribution in [2.45, 2.75) is 56.2 Å². The summed E-state index contributed by atoms with van der Waals surface area (Å²) in [5.41, 5.74) is -1.55. The van der Waals surface area contributed by atoms with Gasteiger partial charge in [0.25, 0.3) is 20.0 Å². The number of benzene rings is 1. The fourth-order valence-electron chi connectivity index (χ4n) is 2.91. The fraction of sp³-hybridized carbons (Fsp3) is 0.529. The third-order valence-electron chi connectivity index (χ3n) is 5.56. The molecule has 0 aliphatic heterocycles. The maximum atomic E-state index is 14.3. The Labute approximate surface area is 263 Å². The van der Waals surface area contributed by atoms with Gasteiger partial charge in [0.1, 0.15) is 0 Å². The quantitative estimate of drug-likeness (QED) is 0.303. The third kappa shape index (κ3) is 6.52. The van der Waals surface area contributed by atoms with Crippen molar-refractivity contribution in [3.05, 3.63) is 29.1 Å². The average molecular weight is 832 g/mol. The highest BCUT2D eigenvalue weighted by Gasteiger charge is 2.96. The van der Waals surface area contributed by atoms with E-state index in [4.69, 9.17) is 5.14 Å². The van der Waals surface area contributed by atoms with E-state index in [9.17, 15) is 99.9 Å². The van der Waals surface area contributed by atoms with Gasteiger partial charge in [-0.15, -0.1) is 9.50 Å². The van der Waals surface area contributed by atoms with Gasteiger partial charge in [0, 0.05) is 12.7 Å². The highest BCUT2D eigenvalue weighted by atomic mass is 32.2. The normalized spacial score (nSPS) is 15.9. The Morgan fingerprint density at radius 2 is 1.06 bits per heavy atom. The van der Waals surface area contributed by atoms with Crippen molar-refractivity contribution >= 4 is 47.1 Å². The number of hydrogen-bond acceptors (Lipinski definition) is 8. The molecule has 0 spiro atoms. The lowest BCUT2D eigenvalue weighted by Crippen LogP contribution is -2.75. The van der Waals surface area contributed by atoms with Crippen molar-refractivity contribution in [1.29, 1.82) is 0 Å². The van der Waals surface area contributed by atoms with E-state index in [1.807, 2.05) is 0 Å². The number of hydrogen-bond donors (Lipinski definition) is 2. The Kier molecular flexibility index (Phi) is 10.1. The van der Waals surface area contributed by atoms with Gasteiger partial charge in [-0.1, -0.05) is 11.3 Å². The standard InChI is InChI=1S/C17H10F17N5O6S4/c1-39-8(46-9(36-39)47(35,40)41)38-48(42,43)7-4-2-6(3-5-7)37-49(44,45)17(33,34)15(28,29)13(24,25)11(20,21)10(18,19)12(22,23)14(26,27)16(30,31)32/h2-5,37H,1H3,(H2,35,40,41)/b38-8-. The lowest BCUT2D eigenvalue weighted by atomic mass is 9.91. The van der Waals surface area contributed by atoms with Gasteiger partial charge in [-0.3, -0.25) is 4.72 Å². The van der Waals surface area contributed by atoms with Gasteiger partial charge in [0.15, 0.2) is 0 Å². The van der Waals surface area contributed by atoms with Crippen molar-refractivity contribution in [3.8, 4) is 0 Å². The first kappa shape index (κ1) is 42.2. The van der Waals surface area contributed by atoms with Gasteiger partial charge < -0.3 is 0 Å². The second kappa shape index (κ2) is 11.8. The molecule has 32 heteroatoms. The number of aromatic nitrogens is 2. The van der Waals surface area contributed by atoms with E-state index in [1.54, 1.807) is 0 Å². The number of aryl methyl sites for hydroxylation is 1. The number of rotatable bonds is 12. The molecule has 1 heterocycles. The molecule has 282 valence electrons. The summed E-state index contributed by atoms with van der Waals surface area (Å²) in [6.07, 6.45) is -7.97. The van der Waals surface area contributed by atoms with Crippen LogP contribution in [-0.2, 0) is 37.1 Å². The molecule has 0 fully saturated rings. The summed E-state index contributed by atoms with van der Waals surface area (Å²) >= 11 is 0.0692. The molecule has 3 N–H and O–H groups in total. The SMILES string of the molecule is Cn1nc(S(N)(=O)=O)s/c1=N\S(=O)(=O)c1ccc(NS(=O)(=O)C(F)(F)C(F)(F)C(F)(F)C(F)(F)C(F)(F)C(F)(F)C(F)(F)C(F)(F)F)cc1. The molecule has 1 aromatic carbocycles. The molecule has 0 radical (unpaired) electrons. The van der Waals surface area contributed by atoms with Crippen molar-refractivity contribution in [3.63, 3.8) is 0 Å². The second-order valence-corrected chi connectivity index (χ2v) is 15.0. The minimum atomic E-state index is -9.01. The van der Waals surface area contributed by atoms with Gasteiger partial charge in [-0.25, -0.2) is 18.2 Å². The molecule has 0 saturated heterocycles. The minimum Gasteiger partial charge on any atom is -0.278 e. The molecule has 1 aromatic heterocycles. The predicted molar refractivity (Wildman–Crippen MR) is 125 cm³/mol. The summed E-state index contributed by atoms with van der Waals surface area (Å²) < 4.78 is 303. The van der Waals surface area contributed by atoms with Crippen molar-refractivity contribution in [2.24, 2.45) is 16.6 Å². The van der Waals surface area contributed by atoms with Crippen LogP contribution in [0.1, 0.15) is 0 Å². The highest BCUT2D eigenvalue weighted by Crippen LogP contribution is 2.64. The van der Waals surface area contributed by atoms with Gasteiger partial charge in [-0.2, -0.15) is 91.5 Å². The monoisotopic (exact) mass is 831 g/mol. The molecule has 0 amide bonds. The molecule has 11 nitrogen and oxygen atoms in total.